The highest BCUT2D eigenvalue weighted by molar-refractivity contribution is 6.38. The van der Waals surface area contributed by atoms with E-state index in [-0.39, 0.29) is 35.4 Å². The third kappa shape index (κ3) is 8.83. The number of aromatic nitrogens is 2. The number of nitrogens with one attached hydrogen (secondary N) is 4. The van der Waals surface area contributed by atoms with Crippen molar-refractivity contribution in [2.24, 2.45) is 23.2 Å². The molecule has 1 unspecified atom stereocenters. The van der Waals surface area contributed by atoms with Crippen LogP contribution in [0, 0.1) is 23.2 Å². The number of rotatable bonds is 13. The minimum atomic E-state index is -0.994. The SMILES string of the molecule is CCC[C@@H](NC(=O)C1[C@H]2CCC[C@H]2CN1C(=O)[C@@H](NC(=O)[C@@H](NC(=O)c1cnccn1)C1CCCCC1)C(C)(C)C)C(=O)C(=O)NC1CC1. The number of likely N-dealkylation sites (tertiary alicyclic amines) is 1. The lowest BCUT2D eigenvalue weighted by Crippen LogP contribution is -2.62. The molecule has 4 fully saturated rings. The van der Waals surface area contributed by atoms with Gasteiger partial charge >= 0.3 is 0 Å². The third-order valence-corrected chi connectivity index (χ3v) is 10.7. The minimum Gasteiger partial charge on any atom is -0.347 e. The van der Waals surface area contributed by atoms with Crippen molar-refractivity contribution in [1.29, 1.82) is 0 Å². The van der Waals surface area contributed by atoms with Gasteiger partial charge in [0.25, 0.3) is 11.8 Å². The van der Waals surface area contributed by atoms with Crippen LogP contribution < -0.4 is 21.3 Å². The normalized spacial score (nSPS) is 24.2. The second-order valence-corrected chi connectivity index (χ2v) is 15.5. The molecule has 0 bridgehead atoms. The van der Waals surface area contributed by atoms with Crippen LogP contribution >= 0.6 is 0 Å². The standard InChI is InChI=1S/C36H53N7O6/c1-5-10-25(29(44)34(48)39-23-15-16-23)40-33(47)28-24-14-9-13-22(24)20-43(28)35(49)30(36(2,3)4)42-32(46)27(21-11-7-6-8-12-21)41-31(45)26-19-37-17-18-38-26/h17-19,21-25,27-28,30H,5-16,20H2,1-4H3,(H,39,48)(H,40,47)(H,41,45)(H,42,46)/t22-,24-,25+,27-,28?,30+/m0/s1. The Bertz CT molecular complexity index is 1390. The lowest BCUT2D eigenvalue weighted by atomic mass is 9.82. The lowest BCUT2D eigenvalue weighted by Gasteiger charge is -2.38. The molecule has 0 spiro atoms. The Morgan fingerprint density at radius 3 is 2.27 bits per heavy atom. The molecule has 4 N–H and O–H groups in total. The Kier molecular flexibility index (Phi) is 11.7. The number of hydrogen-bond acceptors (Lipinski definition) is 8. The van der Waals surface area contributed by atoms with Gasteiger partial charge in [-0.2, -0.15) is 0 Å². The van der Waals surface area contributed by atoms with E-state index in [0.717, 1.165) is 64.2 Å². The molecule has 13 heteroatoms. The number of Topliss-reactive ketones (excluding diaryl/α,β-unsaturated/α-hetero) is 1. The summed E-state index contributed by atoms with van der Waals surface area (Å²) in [6, 6.07) is -3.68. The summed E-state index contributed by atoms with van der Waals surface area (Å²) < 4.78 is 0. The van der Waals surface area contributed by atoms with E-state index in [1.54, 1.807) is 4.90 Å². The van der Waals surface area contributed by atoms with E-state index in [4.69, 9.17) is 0 Å². The van der Waals surface area contributed by atoms with Gasteiger partial charge in [0.2, 0.25) is 23.5 Å². The zero-order valence-corrected chi connectivity index (χ0v) is 29.3. The first-order chi connectivity index (χ1) is 23.4. The molecule has 0 aromatic carbocycles. The smallest absolute Gasteiger partial charge is 0.289 e. The van der Waals surface area contributed by atoms with Crippen LogP contribution in [0.3, 0.4) is 0 Å². The van der Waals surface area contributed by atoms with E-state index in [1.165, 1.54) is 18.6 Å². The molecule has 5 rings (SSSR count). The van der Waals surface area contributed by atoms with Gasteiger partial charge in [0.15, 0.2) is 0 Å². The predicted octanol–water partition coefficient (Wildman–Crippen LogP) is 2.45. The van der Waals surface area contributed by atoms with Crippen LogP contribution in [0.25, 0.3) is 0 Å². The van der Waals surface area contributed by atoms with Crippen molar-refractivity contribution >= 4 is 35.3 Å². The molecule has 2 heterocycles. The van der Waals surface area contributed by atoms with E-state index < -0.39 is 59.0 Å². The summed E-state index contributed by atoms with van der Waals surface area (Å²) in [7, 11) is 0. The van der Waals surface area contributed by atoms with E-state index in [9.17, 15) is 28.8 Å². The average molecular weight is 680 g/mol. The molecule has 13 nitrogen and oxygen atoms in total. The molecule has 3 aliphatic carbocycles. The van der Waals surface area contributed by atoms with Crippen LogP contribution in [-0.2, 0) is 24.0 Å². The number of carbonyl (C=O) groups excluding carboxylic acids is 6. The van der Waals surface area contributed by atoms with Gasteiger partial charge in [-0.05, 0) is 68.1 Å². The molecule has 0 radical (unpaired) electrons. The van der Waals surface area contributed by atoms with Gasteiger partial charge in [-0.1, -0.05) is 59.8 Å². The van der Waals surface area contributed by atoms with Crippen molar-refractivity contribution in [3.63, 3.8) is 0 Å². The number of ketones is 1. The number of carbonyl (C=O) groups is 6. The highest BCUT2D eigenvalue weighted by Gasteiger charge is 2.52. The van der Waals surface area contributed by atoms with Gasteiger partial charge < -0.3 is 26.2 Å². The summed E-state index contributed by atoms with van der Waals surface area (Å²) in [5.41, 5.74) is -0.638. The fraction of sp³-hybridized carbons (Fsp3) is 0.722. The predicted molar refractivity (Wildman–Crippen MR) is 181 cm³/mol. The van der Waals surface area contributed by atoms with Crippen LogP contribution in [0.4, 0.5) is 0 Å². The first-order valence-electron chi connectivity index (χ1n) is 18.2. The van der Waals surface area contributed by atoms with Gasteiger partial charge in [-0.15, -0.1) is 0 Å². The van der Waals surface area contributed by atoms with Crippen LogP contribution in [-0.4, -0.2) is 86.9 Å². The van der Waals surface area contributed by atoms with Gasteiger partial charge in [-0.3, -0.25) is 33.8 Å². The molecule has 268 valence electrons. The van der Waals surface area contributed by atoms with Crippen LogP contribution in [0.15, 0.2) is 18.6 Å². The Morgan fingerprint density at radius 1 is 0.898 bits per heavy atom. The topological polar surface area (TPSA) is 180 Å². The molecule has 1 aromatic heterocycles. The Morgan fingerprint density at radius 2 is 1.63 bits per heavy atom. The molecule has 1 aliphatic heterocycles. The van der Waals surface area contributed by atoms with Crippen molar-refractivity contribution in [3.8, 4) is 0 Å². The van der Waals surface area contributed by atoms with Crippen LogP contribution in [0.2, 0.25) is 0 Å². The summed E-state index contributed by atoms with van der Waals surface area (Å²) in [4.78, 5) is 91.4. The van der Waals surface area contributed by atoms with Crippen LogP contribution in [0.5, 0.6) is 0 Å². The molecule has 1 saturated heterocycles. The number of fused-ring (bicyclic) bond motifs is 1. The summed E-state index contributed by atoms with van der Waals surface area (Å²) in [5.74, 6) is -3.20. The average Bonchev–Trinajstić information content (AvgIpc) is 3.65. The zero-order valence-electron chi connectivity index (χ0n) is 29.3. The molecular formula is C36H53N7O6. The van der Waals surface area contributed by atoms with E-state index in [0.29, 0.717) is 19.4 Å². The number of nitrogens with zero attached hydrogens (tertiary/aromatic N) is 3. The highest BCUT2D eigenvalue weighted by Crippen LogP contribution is 2.43. The van der Waals surface area contributed by atoms with Crippen molar-refractivity contribution in [1.82, 2.24) is 36.1 Å². The van der Waals surface area contributed by atoms with Gasteiger partial charge in [-0.25, -0.2) is 4.98 Å². The maximum atomic E-state index is 14.6. The van der Waals surface area contributed by atoms with Crippen molar-refractivity contribution in [2.45, 2.75) is 135 Å². The highest BCUT2D eigenvalue weighted by atomic mass is 16.2. The largest absolute Gasteiger partial charge is 0.347 e. The summed E-state index contributed by atoms with van der Waals surface area (Å²) in [5, 5.41) is 11.5. The number of amides is 5. The Labute approximate surface area is 288 Å². The van der Waals surface area contributed by atoms with Crippen LogP contribution in [0.1, 0.15) is 115 Å². The summed E-state index contributed by atoms with van der Waals surface area (Å²) >= 11 is 0. The second kappa shape index (κ2) is 15.8. The molecule has 4 aliphatic rings. The molecule has 3 saturated carbocycles. The molecule has 5 amide bonds. The quantitative estimate of drug-likeness (QED) is 0.230. The molecular weight excluding hydrogens is 626 g/mol. The van der Waals surface area contributed by atoms with Crippen molar-refractivity contribution in [2.75, 3.05) is 6.54 Å². The van der Waals surface area contributed by atoms with E-state index >= 15 is 0 Å². The van der Waals surface area contributed by atoms with Gasteiger partial charge in [0.1, 0.15) is 23.8 Å². The molecule has 6 atom stereocenters. The maximum absolute atomic E-state index is 14.6. The van der Waals surface area contributed by atoms with Crippen molar-refractivity contribution < 1.29 is 28.8 Å². The van der Waals surface area contributed by atoms with Gasteiger partial charge in [0, 0.05) is 25.0 Å². The van der Waals surface area contributed by atoms with E-state index in [2.05, 4.69) is 31.2 Å². The molecule has 49 heavy (non-hydrogen) atoms. The van der Waals surface area contributed by atoms with Gasteiger partial charge in [0.05, 0.1) is 12.2 Å². The fourth-order valence-corrected chi connectivity index (χ4v) is 7.87. The summed E-state index contributed by atoms with van der Waals surface area (Å²) in [6.07, 6.45) is 13.9. The summed E-state index contributed by atoms with van der Waals surface area (Å²) in [6.45, 7) is 7.85. The third-order valence-electron chi connectivity index (χ3n) is 10.7. The Hall–Kier alpha value is -3.90. The zero-order chi connectivity index (χ0) is 35.3. The Balaban J connectivity index is 1.36. The monoisotopic (exact) mass is 679 g/mol. The van der Waals surface area contributed by atoms with E-state index in [1.807, 2.05) is 27.7 Å². The minimum absolute atomic E-state index is 0.0132. The first kappa shape index (κ1) is 36.4. The molecule has 1 aromatic rings. The van der Waals surface area contributed by atoms with Crippen molar-refractivity contribution in [3.05, 3.63) is 24.3 Å². The lowest BCUT2D eigenvalue weighted by molar-refractivity contribution is -0.146. The number of hydrogen-bond donors (Lipinski definition) is 4. The second-order valence-electron chi connectivity index (χ2n) is 15.5. The first-order valence-corrected chi connectivity index (χ1v) is 18.2. The maximum Gasteiger partial charge on any atom is 0.289 e. The fourth-order valence-electron chi connectivity index (χ4n) is 7.87.